The predicted octanol–water partition coefficient (Wildman–Crippen LogP) is 2.43. The maximum Gasteiger partial charge on any atom is 0.410 e. The third-order valence-corrected chi connectivity index (χ3v) is 7.53. The van der Waals surface area contributed by atoms with E-state index in [-0.39, 0.29) is 12.0 Å². The molecule has 6 heteroatoms. The zero-order chi connectivity index (χ0) is 19.3. The van der Waals surface area contributed by atoms with E-state index >= 15 is 0 Å². The number of carbonyl (C=O) groups is 2. The van der Waals surface area contributed by atoms with Crippen LogP contribution in [-0.4, -0.2) is 77.6 Å². The first-order valence-corrected chi connectivity index (χ1v) is 10.9. The van der Waals surface area contributed by atoms with Gasteiger partial charge in [0, 0.05) is 50.2 Å². The fourth-order valence-electron chi connectivity index (χ4n) is 6.13. The van der Waals surface area contributed by atoms with Gasteiger partial charge in [-0.15, -0.1) is 0 Å². The molecule has 6 nitrogen and oxygen atoms in total. The molecule has 0 aromatic rings. The molecule has 3 heterocycles. The van der Waals surface area contributed by atoms with E-state index in [1.165, 1.54) is 6.42 Å². The molecule has 5 fully saturated rings. The molecule has 2 aliphatic carbocycles. The van der Waals surface area contributed by atoms with Crippen molar-refractivity contribution in [1.82, 2.24) is 14.7 Å². The monoisotopic (exact) mass is 377 g/mol. The quantitative estimate of drug-likeness (QED) is 0.738. The molecule has 2 amide bonds. The standard InChI is InChI=1S/C21H35N3O3/c1-5-23(13(3)4)20(25)19-16-11-22(12-17(16)19)18-9-15-8-7-14(18)10-24(15)21(26)27-6-2/h13-19H,5-12H2,1-4H3/t14?,15?,16-,17+,18?,19-. The Labute approximate surface area is 163 Å². The predicted molar refractivity (Wildman–Crippen MR) is 103 cm³/mol. The van der Waals surface area contributed by atoms with Gasteiger partial charge in [-0.25, -0.2) is 4.79 Å². The van der Waals surface area contributed by atoms with Crippen LogP contribution in [0, 0.1) is 23.7 Å². The Balaban J connectivity index is 1.33. The minimum atomic E-state index is -0.131. The van der Waals surface area contributed by atoms with E-state index in [0.717, 1.165) is 39.0 Å². The van der Waals surface area contributed by atoms with Gasteiger partial charge in [-0.1, -0.05) is 0 Å². The molecule has 3 saturated heterocycles. The third kappa shape index (κ3) is 3.24. The number of fused-ring (bicyclic) bond motifs is 4. The van der Waals surface area contributed by atoms with Gasteiger partial charge in [0.15, 0.2) is 0 Å². The molecule has 3 unspecified atom stereocenters. The van der Waals surface area contributed by atoms with E-state index < -0.39 is 0 Å². The average Bonchev–Trinajstić information content (AvgIpc) is 3.16. The van der Waals surface area contributed by atoms with Crippen LogP contribution in [0.5, 0.6) is 0 Å². The van der Waals surface area contributed by atoms with Crippen LogP contribution in [0.25, 0.3) is 0 Å². The fraction of sp³-hybridized carbons (Fsp3) is 0.905. The molecule has 6 atom stereocenters. The normalized spacial score (nSPS) is 37.4. The van der Waals surface area contributed by atoms with Gasteiger partial charge < -0.3 is 14.5 Å². The number of carbonyl (C=O) groups excluding carboxylic acids is 2. The van der Waals surface area contributed by atoms with Crippen LogP contribution in [0.2, 0.25) is 0 Å². The molecule has 152 valence electrons. The number of piperidine rings is 3. The molecule has 27 heavy (non-hydrogen) atoms. The second-order valence-electron chi connectivity index (χ2n) is 9.17. The summed E-state index contributed by atoms with van der Waals surface area (Å²) < 4.78 is 5.24. The fourth-order valence-corrected chi connectivity index (χ4v) is 6.13. The Hall–Kier alpha value is -1.30. The number of hydrogen-bond acceptors (Lipinski definition) is 4. The number of amides is 2. The minimum Gasteiger partial charge on any atom is -0.450 e. The van der Waals surface area contributed by atoms with Gasteiger partial charge in [0.1, 0.15) is 0 Å². The summed E-state index contributed by atoms with van der Waals surface area (Å²) in [6, 6.07) is 1.22. The summed E-state index contributed by atoms with van der Waals surface area (Å²) in [6.45, 7) is 12.4. The molecule has 2 bridgehead atoms. The van der Waals surface area contributed by atoms with E-state index in [0.29, 0.717) is 48.4 Å². The maximum absolute atomic E-state index is 12.8. The minimum absolute atomic E-state index is 0.131. The largest absolute Gasteiger partial charge is 0.450 e. The van der Waals surface area contributed by atoms with Crippen LogP contribution in [0.4, 0.5) is 4.79 Å². The summed E-state index contributed by atoms with van der Waals surface area (Å²) in [6.07, 6.45) is 3.28. The van der Waals surface area contributed by atoms with Crippen LogP contribution >= 0.6 is 0 Å². The van der Waals surface area contributed by atoms with Gasteiger partial charge in [0.2, 0.25) is 5.91 Å². The first-order chi connectivity index (χ1) is 13.0. The number of rotatable bonds is 5. The molecule has 5 rings (SSSR count). The first-order valence-electron chi connectivity index (χ1n) is 10.9. The van der Waals surface area contributed by atoms with Crippen LogP contribution < -0.4 is 0 Å². The van der Waals surface area contributed by atoms with Crippen molar-refractivity contribution in [2.45, 2.75) is 65.1 Å². The molecular formula is C21H35N3O3. The molecule has 2 saturated carbocycles. The molecular weight excluding hydrogens is 342 g/mol. The maximum atomic E-state index is 12.8. The SMILES string of the molecule is CCOC(=O)N1CC2CCC1CC2N1C[C@@H]2[C@H](C1)[C@@H]2C(=O)N(CC)C(C)C. The van der Waals surface area contributed by atoms with Crippen molar-refractivity contribution in [3.8, 4) is 0 Å². The Morgan fingerprint density at radius 2 is 1.81 bits per heavy atom. The van der Waals surface area contributed by atoms with Crippen LogP contribution in [0.3, 0.4) is 0 Å². The van der Waals surface area contributed by atoms with E-state index in [2.05, 4.69) is 25.7 Å². The van der Waals surface area contributed by atoms with Crippen molar-refractivity contribution in [3.63, 3.8) is 0 Å². The molecule has 0 aromatic heterocycles. The second-order valence-corrected chi connectivity index (χ2v) is 9.17. The number of ether oxygens (including phenoxy) is 1. The zero-order valence-corrected chi connectivity index (χ0v) is 17.3. The second kappa shape index (κ2) is 7.26. The van der Waals surface area contributed by atoms with Gasteiger partial charge in [-0.05, 0) is 64.7 Å². The molecule has 3 aliphatic heterocycles. The average molecular weight is 378 g/mol. The van der Waals surface area contributed by atoms with Crippen molar-refractivity contribution in [3.05, 3.63) is 0 Å². The van der Waals surface area contributed by atoms with Crippen LogP contribution in [0.15, 0.2) is 0 Å². The summed E-state index contributed by atoms with van der Waals surface area (Å²) in [4.78, 5) is 31.7. The van der Waals surface area contributed by atoms with Gasteiger partial charge in [0.25, 0.3) is 0 Å². The third-order valence-electron chi connectivity index (χ3n) is 7.53. The first kappa shape index (κ1) is 19.0. The van der Waals surface area contributed by atoms with Crippen molar-refractivity contribution in [2.24, 2.45) is 23.7 Å². The van der Waals surface area contributed by atoms with E-state index in [1.807, 2.05) is 16.7 Å². The van der Waals surface area contributed by atoms with E-state index in [4.69, 9.17) is 4.74 Å². The highest BCUT2D eigenvalue weighted by Crippen LogP contribution is 2.54. The van der Waals surface area contributed by atoms with Crippen molar-refractivity contribution in [2.75, 3.05) is 32.8 Å². The lowest BCUT2D eigenvalue weighted by atomic mass is 9.75. The Kier molecular flexibility index (Phi) is 5.12. The lowest BCUT2D eigenvalue weighted by Gasteiger charge is -2.51. The summed E-state index contributed by atoms with van der Waals surface area (Å²) in [5, 5.41) is 0. The summed E-state index contributed by atoms with van der Waals surface area (Å²) in [7, 11) is 0. The van der Waals surface area contributed by atoms with Gasteiger partial charge in [0.05, 0.1) is 6.61 Å². The summed E-state index contributed by atoms with van der Waals surface area (Å²) in [5.41, 5.74) is 0. The van der Waals surface area contributed by atoms with E-state index in [9.17, 15) is 9.59 Å². The Bertz CT molecular complexity index is 583. The van der Waals surface area contributed by atoms with Crippen molar-refractivity contribution >= 4 is 12.0 Å². The molecule has 0 aromatic carbocycles. The number of hydrogen-bond donors (Lipinski definition) is 0. The van der Waals surface area contributed by atoms with Crippen molar-refractivity contribution in [1.29, 1.82) is 0 Å². The molecule has 0 N–H and O–H groups in total. The highest BCUT2D eigenvalue weighted by Gasteiger charge is 2.62. The van der Waals surface area contributed by atoms with Gasteiger partial charge in [-0.3, -0.25) is 9.69 Å². The van der Waals surface area contributed by atoms with Crippen LogP contribution in [0.1, 0.15) is 47.0 Å². The van der Waals surface area contributed by atoms with E-state index in [1.54, 1.807) is 0 Å². The topological polar surface area (TPSA) is 53.1 Å². The lowest BCUT2D eigenvalue weighted by molar-refractivity contribution is -0.135. The summed E-state index contributed by atoms with van der Waals surface area (Å²) >= 11 is 0. The summed E-state index contributed by atoms with van der Waals surface area (Å²) in [5.74, 6) is 2.33. The highest BCUT2D eigenvalue weighted by molar-refractivity contribution is 5.83. The Morgan fingerprint density at radius 3 is 2.33 bits per heavy atom. The van der Waals surface area contributed by atoms with Gasteiger partial charge in [-0.2, -0.15) is 0 Å². The number of nitrogens with zero attached hydrogens (tertiary/aromatic N) is 3. The Morgan fingerprint density at radius 1 is 1.11 bits per heavy atom. The highest BCUT2D eigenvalue weighted by atomic mass is 16.6. The van der Waals surface area contributed by atoms with Gasteiger partial charge >= 0.3 is 6.09 Å². The lowest BCUT2D eigenvalue weighted by Crippen LogP contribution is -2.60. The zero-order valence-electron chi connectivity index (χ0n) is 17.3. The van der Waals surface area contributed by atoms with Crippen LogP contribution in [-0.2, 0) is 9.53 Å². The van der Waals surface area contributed by atoms with Crippen molar-refractivity contribution < 1.29 is 14.3 Å². The molecule has 5 aliphatic rings. The molecule has 0 radical (unpaired) electrons. The smallest absolute Gasteiger partial charge is 0.410 e. The molecule has 0 spiro atoms. The number of likely N-dealkylation sites (tertiary alicyclic amines) is 1.